The van der Waals surface area contributed by atoms with E-state index in [9.17, 15) is 13.6 Å². The summed E-state index contributed by atoms with van der Waals surface area (Å²) in [6.45, 7) is 5.09. The number of rotatable bonds is 6. The normalized spacial score (nSPS) is 17.3. The van der Waals surface area contributed by atoms with Gasteiger partial charge in [-0.3, -0.25) is 9.69 Å². The third-order valence-corrected chi connectivity index (χ3v) is 6.40. The molecule has 4 heterocycles. The Morgan fingerprint density at radius 2 is 1.67 bits per heavy atom. The van der Waals surface area contributed by atoms with E-state index < -0.39 is 11.6 Å². The number of benzene rings is 1. The lowest BCUT2D eigenvalue weighted by atomic mass is 10.2. The van der Waals surface area contributed by atoms with Crippen LogP contribution in [0.5, 0.6) is 5.75 Å². The van der Waals surface area contributed by atoms with Crippen LogP contribution in [0.2, 0.25) is 0 Å². The Balaban J connectivity index is 1.24. The summed E-state index contributed by atoms with van der Waals surface area (Å²) in [6, 6.07) is 4.34. The zero-order valence-electron chi connectivity index (χ0n) is 18.6. The van der Waals surface area contributed by atoms with Crippen molar-refractivity contribution in [3.63, 3.8) is 0 Å². The third kappa shape index (κ3) is 4.37. The lowest BCUT2D eigenvalue weighted by molar-refractivity contribution is 0.236. The Morgan fingerprint density at radius 3 is 2.36 bits per heavy atom. The minimum absolute atomic E-state index is 0.0404. The number of aromatic amines is 1. The van der Waals surface area contributed by atoms with Gasteiger partial charge in [-0.25, -0.2) is 13.5 Å². The first kappa shape index (κ1) is 21.6. The van der Waals surface area contributed by atoms with Gasteiger partial charge >= 0.3 is 0 Å². The highest BCUT2D eigenvalue weighted by molar-refractivity contribution is 5.76. The van der Waals surface area contributed by atoms with E-state index in [4.69, 9.17) is 4.74 Å². The molecule has 11 heteroatoms. The summed E-state index contributed by atoms with van der Waals surface area (Å²) >= 11 is 0. The molecule has 2 aromatic heterocycles. The summed E-state index contributed by atoms with van der Waals surface area (Å²) in [5.74, 6) is -0.409. The second kappa shape index (κ2) is 8.97. The summed E-state index contributed by atoms with van der Waals surface area (Å²) in [7, 11) is 1.72. The van der Waals surface area contributed by atoms with Crippen LogP contribution in [0.4, 0.5) is 20.3 Å². The minimum Gasteiger partial charge on any atom is -0.492 e. The molecule has 0 radical (unpaired) electrons. The topological polar surface area (TPSA) is 82.5 Å². The molecule has 3 aromatic rings. The number of anilines is 2. The smallest absolute Gasteiger partial charge is 0.279 e. The van der Waals surface area contributed by atoms with Crippen molar-refractivity contribution in [2.75, 3.05) is 62.2 Å². The van der Waals surface area contributed by atoms with Crippen molar-refractivity contribution in [2.45, 2.75) is 12.8 Å². The maximum Gasteiger partial charge on any atom is 0.279 e. The van der Waals surface area contributed by atoms with Crippen molar-refractivity contribution in [1.29, 1.82) is 0 Å². The van der Waals surface area contributed by atoms with Crippen LogP contribution >= 0.6 is 0 Å². The van der Waals surface area contributed by atoms with E-state index in [0.29, 0.717) is 44.1 Å². The molecular formula is C22H27F2N7O2. The fourth-order valence-corrected chi connectivity index (χ4v) is 4.60. The van der Waals surface area contributed by atoms with Crippen LogP contribution in [0.3, 0.4) is 0 Å². The highest BCUT2D eigenvalue weighted by Crippen LogP contribution is 2.30. The van der Waals surface area contributed by atoms with E-state index in [0.717, 1.165) is 19.6 Å². The Hall–Kier alpha value is -3.21. The molecule has 176 valence electrons. The first-order valence-corrected chi connectivity index (χ1v) is 11.3. The van der Waals surface area contributed by atoms with Crippen LogP contribution in [0, 0.1) is 11.6 Å². The molecule has 1 aromatic carbocycles. The molecule has 0 saturated carbocycles. The molecule has 0 bridgehead atoms. The number of fused-ring (bicyclic) bond motifs is 1. The van der Waals surface area contributed by atoms with E-state index in [1.165, 1.54) is 25.0 Å². The Morgan fingerprint density at radius 1 is 1.00 bits per heavy atom. The third-order valence-electron chi connectivity index (χ3n) is 6.40. The number of halogens is 2. The number of aromatic nitrogens is 4. The number of nitrogens with zero attached hydrogens (tertiary/aromatic N) is 6. The van der Waals surface area contributed by atoms with Gasteiger partial charge in [-0.1, -0.05) is 5.21 Å². The lowest BCUT2D eigenvalue weighted by Crippen LogP contribution is -2.47. The molecule has 0 amide bonds. The van der Waals surface area contributed by atoms with Crippen molar-refractivity contribution in [2.24, 2.45) is 7.05 Å². The van der Waals surface area contributed by atoms with Gasteiger partial charge in [0.2, 0.25) is 0 Å². The standard InChI is InChI=1S/C22H27F2N7O2/c1-28-18-14-19(25-22(32)20(18)26-27-28)30-6-8-31(9-7-30)21-16(23)12-15(13-17(21)24)33-11-10-29-4-2-3-5-29/h12-14H,2-11H2,1H3,(H,25,32). The minimum atomic E-state index is -0.629. The van der Waals surface area contributed by atoms with Gasteiger partial charge in [-0.15, -0.1) is 5.10 Å². The largest absolute Gasteiger partial charge is 0.492 e. The molecule has 0 atom stereocenters. The van der Waals surface area contributed by atoms with Gasteiger partial charge in [-0.2, -0.15) is 0 Å². The van der Waals surface area contributed by atoms with Crippen molar-refractivity contribution in [3.8, 4) is 5.75 Å². The second-order valence-electron chi connectivity index (χ2n) is 8.54. The summed E-state index contributed by atoms with van der Waals surface area (Å²) in [5.41, 5.74) is 0.567. The van der Waals surface area contributed by atoms with E-state index in [1.807, 2.05) is 11.0 Å². The Labute approximate surface area is 189 Å². The monoisotopic (exact) mass is 459 g/mol. The molecule has 0 aliphatic carbocycles. The highest BCUT2D eigenvalue weighted by atomic mass is 19.1. The molecule has 9 nitrogen and oxygen atoms in total. The Kier molecular flexibility index (Phi) is 5.88. The molecule has 2 saturated heterocycles. The van der Waals surface area contributed by atoms with E-state index in [1.54, 1.807) is 16.6 Å². The van der Waals surface area contributed by atoms with Gasteiger partial charge in [-0.05, 0) is 25.9 Å². The Bertz CT molecular complexity index is 1170. The van der Waals surface area contributed by atoms with Crippen LogP contribution < -0.4 is 20.1 Å². The van der Waals surface area contributed by atoms with E-state index >= 15 is 0 Å². The average molecular weight is 460 g/mol. The molecule has 1 N–H and O–H groups in total. The highest BCUT2D eigenvalue weighted by Gasteiger charge is 2.25. The summed E-state index contributed by atoms with van der Waals surface area (Å²) in [6.07, 6.45) is 2.38. The molecule has 2 fully saturated rings. The number of likely N-dealkylation sites (tertiary alicyclic amines) is 1. The van der Waals surface area contributed by atoms with Crippen LogP contribution in [0.1, 0.15) is 12.8 Å². The van der Waals surface area contributed by atoms with Gasteiger partial charge in [0.05, 0.1) is 5.52 Å². The van der Waals surface area contributed by atoms with Crippen LogP contribution in [0.15, 0.2) is 23.0 Å². The molecular weight excluding hydrogens is 432 g/mol. The van der Waals surface area contributed by atoms with Crippen molar-refractivity contribution in [3.05, 3.63) is 40.2 Å². The van der Waals surface area contributed by atoms with Crippen LogP contribution in [0.25, 0.3) is 11.0 Å². The molecule has 2 aliphatic rings. The molecule has 33 heavy (non-hydrogen) atoms. The maximum atomic E-state index is 14.8. The first-order chi connectivity index (χ1) is 16.0. The predicted octanol–water partition coefficient (Wildman–Crippen LogP) is 1.74. The van der Waals surface area contributed by atoms with Crippen molar-refractivity contribution >= 4 is 22.5 Å². The van der Waals surface area contributed by atoms with Crippen molar-refractivity contribution < 1.29 is 13.5 Å². The zero-order valence-corrected chi connectivity index (χ0v) is 18.6. The van der Waals surface area contributed by atoms with E-state index in [-0.39, 0.29) is 22.5 Å². The number of nitrogens with one attached hydrogen (secondary N) is 1. The summed E-state index contributed by atoms with van der Waals surface area (Å²) in [5, 5.41) is 7.75. The van der Waals surface area contributed by atoms with Gasteiger partial charge in [0, 0.05) is 58.0 Å². The molecule has 5 rings (SSSR count). The number of piperazine rings is 1. The van der Waals surface area contributed by atoms with Gasteiger partial charge in [0.1, 0.15) is 23.9 Å². The van der Waals surface area contributed by atoms with Gasteiger partial charge in [0.15, 0.2) is 17.2 Å². The molecule has 2 aliphatic heterocycles. The van der Waals surface area contributed by atoms with Crippen LogP contribution in [-0.4, -0.2) is 77.3 Å². The number of pyridine rings is 1. The average Bonchev–Trinajstić information content (AvgIpc) is 3.44. The predicted molar refractivity (Wildman–Crippen MR) is 121 cm³/mol. The van der Waals surface area contributed by atoms with Crippen molar-refractivity contribution in [1.82, 2.24) is 24.9 Å². The second-order valence-corrected chi connectivity index (χ2v) is 8.54. The lowest BCUT2D eigenvalue weighted by Gasteiger charge is -2.37. The SMILES string of the molecule is Cn1nnc2c(=O)[nH]c(N3CCN(c4c(F)cc(OCCN5CCCC5)cc4F)CC3)cc21. The zero-order chi connectivity index (χ0) is 22.9. The summed E-state index contributed by atoms with van der Waals surface area (Å²) < 4.78 is 36.8. The number of aryl methyl sites for hydroxylation is 1. The number of hydrogen-bond donors (Lipinski definition) is 1. The number of ether oxygens (including phenoxy) is 1. The molecule has 0 unspecified atom stereocenters. The summed E-state index contributed by atoms with van der Waals surface area (Å²) in [4.78, 5) is 21.1. The number of H-pyrrole nitrogens is 1. The van der Waals surface area contributed by atoms with Gasteiger partial charge in [0.25, 0.3) is 5.56 Å². The fourth-order valence-electron chi connectivity index (χ4n) is 4.60. The maximum absolute atomic E-state index is 14.8. The quantitative estimate of drug-likeness (QED) is 0.601. The molecule has 0 spiro atoms. The van der Waals surface area contributed by atoms with Crippen LogP contribution in [-0.2, 0) is 7.05 Å². The first-order valence-electron chi connectivity index (χ1n) is 11.3. The fraction of sp³-hybridized carbons (Fsp3) is 0.500. The van der Waals surface area contributed by atoms with E-state index in [2.05, 4.69) is 20.2 Å². The van der Waals surface area contributed by atoms with Gasteiger partial charge < -0.3 is 19.5 Å². The number of hydrogen-bond acceptors (Lipinski definition) is 7.